The summed E-state index contributed by atoms with van der Waals surface area (Å²) in [6, 6.07) is 0. The van der Waals surface area contributed by atoms with Gasteiger partial charge in [-0.3, -0.25) is 0 Å². The predicted molar refractivity (Wildman–Crippen MR) is 65.4 cm³/mol. The maximum atomic E-state index is 10.4. The van der Waals surface area contributed by atoms with E-state index < -0.39 is 35.8 Å². The summed E-state index contributed by atoms with van der Waals surface area (Å²) in [6.45, 7) is 9.52. The summed E-state index contributed by atoms with van der Waals surface area (Å²) < 4.78 is 16.1. The van der Waals surface area contributed by atoms with Crippen molar-refractivity contribution in [2.24, 2.45) is 0 Å². The summed E-state index contributed by atoms with van der Waals surface area (Å²) in [5, 5.41) is 19.3. The Morgan fingerprint density at radius 1 is 0.652 bits per heavy atom. The number of carbonyl (C=O) groups is 4. The van der Waals surface area contributed by atoms with E-state index in [1.807, 2.05) is 0 Å². The fraction of sp³-hybridized carbons (Fsp3) is 0.667. The molecule has 0 unspecified atom stereocenters. The summed E-state index contributed by atoms with van der Waals surface area (Å²) in [6.07, 6.45) is -6.37. The smallest absolute Gasteiger partial charge is 0.453 e. The van der Waals surface area contributed by atoms with Gasteiger partial charge in [0, 0.05) is 0 Å². The third-order valence-electron chi connectivity index (χ3n) is 1.11. The van der Waals surface area contributed by atoms with E-state index in [1.165, 1.54) is 0 Å². The zero-order valence-corrected chi connectivity index (χ0v) is 16.8. The zero-order valence-electron chi connectivity index (χ0n) is 13.8. The topological polar surface area (TPSA) is 151 Å². The summed E-state index contributed by atoms with van der Waals surface area (Å²) in [5.41, 5.74) is -1.51. The summed E-state index contributed by atoms with van der Waals surface area (Å²) in [5.74, 6) is 0. The van der Waals surface area contributed by atoms with Gasteiger partial charge in [0.2, 0.25) is 0 Å². The van der Waals surface area contributed by atoms with Gasteiger partial charge in [-0.15, -0.1) is 0 Å². The molecule has 128 valence electrons. The Labute approximate surface area is 145 Å². The minimum atomic E-state index is -1.92. The fourth-order valence-corrected chi connectivity index (χ4v) is 0.678. The third kappa shape index (κ3) is 25.4. The maximum absolute atomic E-state index is 10.4. The fourth-order valence-electron chi connectivity index (χ4n) is 0.678. The molecule has 23 heavy (non-hydrogen) atoms. The van der Waals surface area contributed by atoms with Crippen molar-refractivity contribution in [2.75, 3.05) is 0 Å². The normalized spacial score (nSPS) is 10.0. The van der Waals surface area contributed by atoms with Crippen LogP contribution < -0.4 is 10.2 Å². The second-order valence-electron chi connectivity index (χ2n) is 5.63. The van der Waals surface area contributed by atoms with Crippen molar-refractivity contribution in [3.63, 3.8) is 0 Å². The Hall–Kier alpha value is -1.90. The molecule has 0 heterocycles. The molecule has 0 aromatic rings. The molecule has 0 aromatic heterocycles. The average molecular weight is 388 g/mol. The number of ether oxygens (including phenoxy) is 4. The van der Waals surface area contributed by atoms with Crippen LogP contribution >= 0.6 is 0 Å². The van der Waals surface area contributed by atoms with Crippen molar-refractivity contribution in [3.8, 4) is 0 Å². The van der Waals surface area contributed by atoms with E-state index in [0.29, 0.717) is 0 Å². The van der Waals surface area contributed by atoms with Crippen LogP contribution in [0.25, 0.3) is 0 Å². The summed E-state index contributed by atoms with van der Waals surface area (Å²) in [7, 11) is 0. The van der Waals surface area contributed by atoms with Crippen molar-refractivity contribution >= 4 is 24.6 Å². The first-order chi connectivity index (χ1) is 9.62. The van der Waals surface area contributed by atoms with E-state index in [4.69, 9.17) is 0 Å². The molecule has 0 spiro atoms. The molecular weight excluding hydrogens is 370 g/mol. The van der Waals surface area contributed by atoms with E-state index in [2.05, 4.69) is 18.9 Å². The van der Waals surface area contributed by atoms with Crippen LogP contribution in [0.4, 0.5) is 19.2 Å². The minimum Gasteiger partial charge on any atom is -0.453 e. The van der Waals surface area contributed by atoms with Gasteiger partial charge in [0.1, 0.15) is 11.2 Å². The SMILES string of the molecule is CC(C)(C)OC(=O)OC(=O)[O-].CC(C)(C)OC(=O)OC(=O)[O-].[Zn+2]. The van der Waals surface area contributed by atoms with E-state index in [-0.39, 0.29) is 19.5 Å². The van der Waals surface area contributed by atoms with Crippen molar-refractivity contribution in [1.29, 1.82) is 0 Å². The minimum absolute atomic E-state index is 0. The maximum Gasteiger partial charge on any atom is 2.00 e. The largest absolute Gasteiger partial charge is 2.00 e. The molecule has 0 aromatic carbocycles. The van der Waals surface area contributed by atoms with Crippen LogP contribution in [0.5, 0.6) is 0 Å². The van der Waals surface area contributed by atoms with Gasteiger partial charge < -0.3 is 38.7 Å². The number of carbonyl (C=O) groups excluding carboxylic acids is 4. The molecule has 11 heteroatoms. The number of carboxylic acid groups (broad SMARTS) is 2. The molecule has 0 radical (unpaired) electrons. The van der Waals surface area contributed by atoms with Crippen molar-refractivity contribution < 1.29 is 67.8 Å². The van der Waals surface area contributed by atoms with Gasteiger partial charge >= 0.3 is 31.8 Å². The van der Waals surface area contributed by atoms with Gasteiger partial charge in [0.15, 0.2) is 0 Å². The molecular formula is C12H18O10Zn. The van der Waals surface area contributed by atoms with E-state index in [1.54, 1.807) is 41.5 Å². The van der Waals surface area contributed by atoms with Crippen LogP contribution in [0, 0.1) is 0 Å². The van der Waals surface area contributed by atoms with Gasteiger partial charge in [-0.2, -0.15) is 0 Å². The number of rotatable bonds is 0. The monoisotopic (exact) mass is 386 g/mol. The van der Waals surface area contributed by atoms with Gasteiger partial charge in [-0.05, 0) is 41.5 Å². The predicted octanol–water partition coefficient (Wildman–Crippen LogP) is 0.560. The van der Waals surface area contributed by atoms with Crippen LogP contribution in [0.1, 0.15) is 41.5 Å². The molecule has 0 amide bonds. The van der Waals surface area contributed by atoms with E-state index >= 15 is 0 Å². The molecule has 0 fully saturated rings. The molecule has 0 aliphatic carbocycles. The molecule has 0 saturated carbocycles. The van der Waals surface area contributed by atoms with Gasteiger partial charge in [-0.25, -0.2) is 9.59 Å². The average Bonchev–Trinajstić information content (AvgIpc) is 2.07. The first-order valence-corrected chi connectivity index (χ1v) is 5.86. The second kappa shape index (κ2) is 10.8. The molecule has 0 atom stereocenters. The van der Waals surface area contributed by atoms with Crippen molar-refractivity contribution in [1.82, 2.24) is 0 Å². The van der Waals surface area contributed by atoms with Crippen molar-refractivity contribution in [2.45, 2.75) is 52.7 Å². The Kier molecular flexibility index (Phi) is 12.2. The Morgan fingerprint density at radius 2 is 0.870 bits per heavy atom. The zero-order chi connectivity index (χ0) is 18.1. The Morgan fingerprint density at radius 3 is 1.00 bits per heavy atom. The van der Waals surface area contributed by atoms with E-state index in [0.717, 1.165) is 0 Å². The van der Waals surface area contributed by atoms with Gasteiger partial charge in [0.05, 0.1) is 0 Å². The first-order valence-electron chi connectivity index (χ1n) is 5.86. The molecule has 0 bridgehead atoms. The molecule has 10 nitrogen and oxygen atoms in total. The Balaban J connectivity index is -0.000000333. The quantitative estimate of drug-likeness (QED) is 0.327. The first kappa shape index (κ1) is 26.0. The van der Waals surface area contributed by atoms with E-state index in [9.17, 15) is 29.4 Å². The second-order valence-corrected chi connectivity index (χ2v) is 5.63. The third-order valence-corrected chi connectivity index (χ3v) is 1.11. The number of hydrogen-bond acceptors (Lipinski definition) is 10. The van der Waals surface area contributed by atoms with Gasteiger partial charge in [0.25, 0.3) is 12.3 Å². The standard InChI is InChI=1S/2C6H10O5.Zn/c2*1-6(2,3)11-5(9)10-4(7)8;/h2*1-3H3,(H,7,8);/q;;+2/p-2. The molecule has 0 saturated heterocycles. The van der Waals surface area contributed by atoms with Crippen LogP contribution in [0.2, 0.25) is 0 Å². The van der Waals surface area contributed by atoms with Crippen LogP contribution in [-0.4, -0.2) is 35.8 Å². The summed E-state index contributed by atoms with van der Waals surface area (Å²) in [4.78, 5) is 40.1. The molecule has 0 rings (SSSR count). The molecule has 0 N–H and O–H groups in total. The molecule has 0 aliphatic heterocycles. The number of hydrogen-bond donors (Lipinski definition) is 0. The van der Waals surface area contributed by atoms with Crippen molar-refractivity contribution in [3.05, 3.63) is 0 Å². The molecule has 0 aliphatic rings. The van der Waals surface area contributed by atoms with Crippen LogP contribution in [0.3, 0.4) is 0 Å². The van der Waals surface area contributed by atoms with Crippen LogP contribution in [0.15, 0.2) is 0 Å². The van der Waals surface area contributed by atoms with Gasteiger partial charge in [-0.1, -0.05) is 0 Å². The summed E-state index contributed by atoms with van der Waals surface area (Å²) >= 11 is 0. The van der Waals surface area contributed by atoms with Crippen LogP contribution in [-0.2, 0) is 38.4 Å². The Bertz CT molecular complexity index is 379.